The van der Waals surface area contributed by atoms with Crippen LogP contribution in [0.25, 0.3) is 6.08 Å². The molecule has 4 rings (SSSR count). The smallest absolute Gasteiger partial charge is 0.338 e. The predicted molar refractivity (Wildman–Crippen MR) is 107 cm³/mol. The van der Waals surface area contributed by atoms with Gasteiger partial charge in [0.15, 0.2) is 0 Å². The van der Waals surface area contributed by atoms with Crippen LogP contribution in [-0.4, -0.2) is 28.4 Å². The Morgan fingerprint density at radius 1 is 1.07 bits per heavy atom. The van der Waals surface area contributed by atoms with Crippen LogP contribution in [0.4, 0.5) is 4.79 Å². The van der Waals surface area contributed by atoms with E-state index in [4.69, 9.17) is 4.74 Å². The first-order chi connectivity index (χ1) is 13.6. The lowest BCUT2D eigenvalue weighted by molar-refractivity contribution is -0.139. The highest BCUT2D eigenvalue weighted by molar-refractivity contribution is 5.96. The molecular formula is C23H22N2O3. The molecule has 0 spiro atoms. The topological polar surface area (TPSA) is 49.9 Å². The molecule has 0 saturated carbocycles. The predicted octanol–water partition coefficient (Wildman–Crippen LogP) is 4.49. The molecule has 0 bridgehead atoms. The lowest BCUT2D eigenvalue weighted by Crippen LogP contribution is -2.48. The molecule has 142 valence electrons. The Kier molecular flexibility index (Phi) is 4.74. The fraction of sp³-hybridized carbons (Fsp3) is 0.217. The van der Waals surface area contributed by atoms with Crippen LogP contribution in [0.2, 0.25) is 0 Å². The Morgan fingerprint density at radius 2 is 1.79 bits per heavy atom. The summed E-state index contributed by atoms with van der Waals surface area (Å²) in [5.74, 6) is -0.384. The molecule has 1 atom stereocenters. The number of hydrogen-bond donors (Lipinski definition) is 0. The zero-order chi connectivity index (χ0) is 19.7. The lowest BCUT2D eigenvalue weighted by Gasteiger charge is -2.43. The Labute approximate surface area is 164 Å². The van der Waals surface area contributed by atoms with Crippen molar-refractivity contribution in [2.75, 3.05) is 6.61 Å². The summed E-state index contributed by atoms with van der Waals surface area (Å²) in [4.78, 5) is 29.5. The fourth-order valence-corrected chi connectivity index (χ4v) is 3.82. The number of benzene rings is 2. The number of fused-ring (bicyclic) bond motifs is 3. The van der Waals surface area contributed by atoms with Gasteiger partial charge in [-0.25, -0.2) is 9.59 Å². The average molecular weight is 374 g/mol. The second-order valence-corrected chi connectivity index (χ2v) is 6.83. The summed E-state index contributed by atoms with van der Waals surface area (Å²) in [6, 6.07) is 17.0. The number of esters is 1. The first kappa shape index (κ1) is 18.0. The van der Waals surface area contributed by atoms with Crippen LogP contribution in [0.15, 0.2) is 72.1 Å². The van der Waals surface area contributed by atoms with E-state index in [9.17, 15) is 9.59 Å². The highest BCUT2D eigenvalue weighted by Crippen LogP contribution is 2.42. The highest BCUT2D eigenvalue weighted by atomic mass is 16.5. The number of urea groups is 1. The molecule has 0 radical (unpaired) electrons. The van der Waals surface area contributed by atoms with E-state index in [1.165, 1.54) is 0 Å². The van der Waals surface area contributed by atoms with Crippen LogP contribution in [0.1, 0.15) is 36.6 Å². The molecule has 5 nitrogen and oxygen atoms in total. The van der Waals surface area contributed by atoms with Crippen LogP contribution in [-0.2, 0) is 16.1 Å². The standard InChI is InChI=1S/C23H22N2O3/c1-3-28-22(26)20-16(2)25(15-17-9-5-4-6-10-17)23(27)24-14-13-18-11-7-8-12-19(18)21(20)24/h4-14,21H,3,15H2,1-2H3. The molecule has 2 heterocycles. The zero-order valence-electron chi connectivity index (χ0n) is 16.0. The van der Waals surface area contributed by atoms with Crippen molar-refractivity contribution >= 4 is 18.1 Å². The highest BCUT2D eigenvalue weighted by Gasteiger charge is 2.43. The summed E-state index contributed by atoms with van der Waals surface area (Å²) in [5, 5.41) is 0. The van der Waals surface area contributed by atoms with E-state index in [0.29, 0.717) is 17.8 Å². The molecule has 28 heavy (non-hydrogen) atoms. The Balaban J connectivity index is 1.84. The van der Waals surface area contributed by atoms with Crippen LogP contribution < -0.4 is 0 Å². The molecule has 0 aliphatic carbocycles. The average Bonchev–Trinajstić information content (AvgIpc) is 2.72. The first-order valence-corrected chi connectivity index (χ1v) is 9.40. The third-order valence-corrected chi connectivity index (χ3v) is 5.18. The lowest BCUT2D eigenvalue weighted by atomic mass is 9.88. The zero-order valence-corrected chi connectivity index (χ0v) is 16.0. The summed E-state index contributed by atoms with van der Waals surface area (Å²) in [6.07, 6.45) is 3.67. The summed E-state index contributed by atoms with van der Waals surface area (Å²) in [7, 11) is 0. The van der Waals surface area contributed by atoms with Gasteiger partial charge in [-0.1, -0.05) is 54.6 Å². The van der Waals surface area contributed by atoms with Gasteiger partial charge in [0.25, 0.3) is 0 Å². The molecule has 2 amide bonds. The van der Waals surface area contributed by atoms with Crippen molar-refractivity contribution in [3.63, 3.8) is 0 Å². The van der Waals surface area contributed by atoms with Crippen molar-refractivity contribution in [1.29, 1.82) is 0 Å². The summed E-state index contributed by atoms with van der Waals surface area (Å²) in [5.41, 5.74) is 4.08. The Bertz CT molecular complexity index is 978. The molecule has 2 aromatic carbocycles. The SMILES string of the molecule is CCOC(=O)C1=C(C)N(Cc2ccccc2)C(=O)N2C=Cc3ccccc3C12. The maximum Gasteiger partial charge on any atom is 0.338 e. The van der Waals surface area contributed by atoms with E-state index in [-0.39, 0.29) is 18.6 Å². The van der Waals surface area contributed by atoms with Gasteiger partial charge < -0.3 is 4.74 Å². The van der Waals surface area contributed by atoms with Gasteiger partial charge in [0.1, 0.15) is 0 Å². The third kappa shape index (κ3) is 2.99. The normalized spacial score (nSPS) is 18.1. The number of carbonyl (C=O) groups excluding carboxylic acids is 2. The van der Waals surface area contributed by atoms with E-state index in [2.05, 4.69) is 0 Å². The molecule has 0 N–H and O–H groups in total. The van der Waals surface area contributed by atoms with Crippen LogP contribution in [0, 0.1) is 0 Å². The molecule has 2 aliphatic rings. The van der Waals surface area contributed by atoms with Gasteiger partial charge in [0.05, 0.1) is 24.8 Å². The fourth-order valence-electron chi connectivity index (χ4n) is 3.82. The van der Waals surface area contributed by atoms with E-state index >= 15 is 0 Å². The van der Waals surface area contributed by atoms with Gasteiger partial charge in [-0.3, -0.25) is 9.80 Å². The minimum Gasteiger partial charge on any atom is -0.463 e. The van der Waals surface area contributed by atoms with E-state index in [1.54, 1.807) is 22.9 Å². The minimum absolute atomic E-state index is 0.148. The monoisotopic (exact) mass is 374 g/mol. The molecule has 0 saturated heterocycles. The van der Waals surface area contributed by atoms with Crippen molar-refractivity contribution in [3.8, 4) is 0 Å². The molecule has 2 aromatic rings. The van der Waals surface area contributed by atoms with E-state index in [0.717, 1.165) is 16.7 Å². The minimum atomic E-state index is -0.472. The maximum absolute atomic E-state index is 13.3. The third-order valence-electron chi connectivity index (χ3n) is 5.18. The van der Waals surface area contributed by atoms with Crippen molar-refractivity contribution in [2.24, 2.45) is 0 Å². The van der Waals surface area contributed by atoms with Crippen LogP contribution >= 0.6 is 0 Å². The van der Waals surface area contributed by atoms with Gasteiger partial charge in [-0.2, -0.15) is 0 Å². The summed E-state index contributed by atoms with van der Waals surface area (Å²) >= 11 is 0. The van der Waals surface area contributed by atoms with Gasteiger partial charge in [-0.05, 0) is 36.6 Å². The number of amides is 2. The van der Waals surface area contributed by atoms with Gasteiger partial charge in [-0.15, -0.1) is 0 Å². The number of carbonyl (C=O) groups is 2. The van der Waals surface area contributed by atoms with Crippen molar-refractivity contribution in [1.82, 2.24) is 9.80 Å². The number of rotatable bonds is 4. The number of hydrogen-bond acceptors (Lipinski definition) is 3. The molecule has 0 aromatic heterocycles. The molecule has 0 fully saturated rings. The van der Waals surface area contributed by atoms with Gasteiger partial charge >= 0.3 is 12.0 Å². The second kappa shape index (κ2) is 7.35. The molecule has 1 unspecified atom stereocenters. The van der Waals surface area contributed by atoms with Crippen molar-refractivity contribution in [3.05, 3.63) is 88.8 Å². The van der Waals surface area contributed by atoms with Crippen molar-refractivity contribution in [2.45, 2.75) is 26.4 Å². The number of ether oxygens (including phenoxy) is 1. The summed E-state index contributed by atoms with van der Waals surface area (Å²) in [6.45, 7) is 4.29. The van der Waals surface area contributed by atoms with Crippen LogP contribution in [0.5, 0.6) is 0 Å². The largest absolute Gasteiger partial charge is 0.463 e. The first-order valence-electron chi connectivity index (χ1n) is 9.40. The quantitative estimate of drug-likeness (QED) is 0.741. The van der Waals surface area contributed by atoms with Gasteiger partial charge in [0.2, 0.25) is 0 Å². The molecule has 2 aliphatic heterocycles. The summed E-state index contributed by atoms with van der Waals surface area (Å²) < 4.78 is 5.36. The second-order valence-electron chi connectivity index (χ2n) is 6.83. The Morgan fingerprint density at radius 3 is 2.54 bits per heavy atom. The van der Waals surface area contributed by atoms with Gasteiger partial charge in [0, 0.05) is 11.9 Å². The molecule has 5 heteroatoms. The van der Waals surface area contributed by atoms with Crippen LogP contribution in [0.3, 0.4) is 0 Å². The maximum atomic E-state index is 13.3. The van der Waals surface area contributed by atoms with E-state index in [1.807, 2.05) is 67.6 Å². The van der Waals surface area contributed by atoms with Crippen molar-refractivity contribution < 1.29 is 14.3 Å². The Hall–Kier alpha value is -3.34. The molecular weight excluding hydrogens is 352 g/mol. The number of allylic oxidation sites excluding steroid dienone is 1. The number of nitrogens with zero attached hydrogens (tertiary/aromatic N) is 2. The van der Waals surface area contributed by atoms with E-state index < -0.39 is 6.04 Å².